The second-order valence-electron chi connectivity index (χ2n) is 13.2. The van der Waals surface area contributed by atoms with E-state index in [-0.39, 0.29) is 34.7 Å². The zero-order valence-electron chi connectivity index (χ0n) is 28.6. The molecule has 3 aromatic carbocycles. The number of carbonyl (C=O) groups excluding carboxylic acids is 3. The highest BCUT2D eigenvalue weighted by molar-refractivity contribution is 9.10. The molecule has 3 heterocycles. The van der Waals surface area contributed by atoms with Crippen molar-refractivity contribution in [3.05, 3.63) is 93.1 Å². The predicted octanol–water partition coefficient (Wildman–Crippen LogP) is 8.50. The van der Waals surface area contributed by atoms with E-state index in [1.165, 1.54) is 37.1 Å². The van der Waals surface area contributed by atoms with E-state index in [1.807, 2.05) is 0 Å². The second-order valence-corrected chi connectivity index (χ2v) is 14.0. The molecule has 4 bridgehead atoms. The lowest BCUT2D eigenvalue weighted by Gasteiger charge is -2.29. The van der Waals surface area contributed by atoms with Crippen molar-refractivity contribution in [1.82, 2.24) is 9.88 Å². The van der Waals surface area contributed by atoms with Crippen LogP contribution in [0.25, 0.3) is 10.8 Å². The Morgan fingerprint density at radius 1 is 1.10 bits per heavy atom. The number of fused-ring (bicyclic) bond motifs is 10. The summed E-state index contributed by atoms with van der Waals surface area (Å²) in [4.78, 5) is 57.9. The van der Waals surface area contributed by atoms with Crippen LogP contribution in [-0.2, 0) is 26.7 Å². The summed E-state index contributed by atoms with van der Waals surface area (Å²) in [5.74, 6) is -4.11. The number of benzene rings is 3. The van der Waals surface area contributed by atoms with Gasteiger partial charge in [0.2, 0.25) is 5.91 Å². The Morgan fingerprint density at radius 3 is 2.43 bits per heavy atom. The first-order chi connectivity index (χ1) is 23.8. The number of ether oxygens (including phenoxy) is 2. The highest BCUT2D eigenvalue weighted by atomic mass is 79.9. The topological polar surface area (TPSA) is 150 Å². The molecule has 0 aliphatic carbocycles. The van der Waals surface area contributed by atoms with Gasteiger partial charge in [-0.3, -0.25) is 10.1 Å². The van der Waals surface area contributed by atoms with Crippen molar-refractivity contribution in [2.45, 2.75) is 58.7 Å². The number of amides is 4. The van der Waals surface area contributed by atoms with Gasteiger partial charge in [0, 0.05) is 46.6 Å². The number of anilines is 3. The summed E-state index contributed by atoms with van der Waals surface area (Å²) in [6, 6.07) is 13.2. The lowest BCUT2D eigenvalue weighted by atomic mass is 9.91. The number of rotatable bonds is 3. The van der Waals surface area contributed by atoms with E-state index in [0.29, 0.717) is 37.0 Å². The molecule has 2 aliphatic rings. The average Bonchev–Trinajstić information content (AvgIpc) is 3.02. The summed E-state index contributed by atoms with van der Waals surface area (Å²) in [6.45, 7) is 6.74. The number of hydrogen-bond donors (Lipinski definition) is 3. The maximum atomic E-state index is 15.5. The van der Waals surface area contributed by atoms with Gasteiger partial charge in [-0.05, 0) is 105 Å². The third-order valence-electron chi connectivity index (χ3n) is 8.00. The van der Waals surface area contributed by atoms with Crippen molar-refractivity contribution in [2.75, 3.05) is 29.2 Å². The number of imide groups is 1. The Kier molecular flexibility index (Phi) is 10.2. The van der Waals surface area contributed by atoms with E-state index in [2.05, 4.69) is 31.5 Å². The summed E-state index contributed by atoms with van der Waals surface area (Å²) < 4.78 is 42.0. The molecular weight excluding hydrogens is 732 g/mol. The summed E-state index contributed by atoms with van der Waals surface area (Å²) in [5.41, 5.74) is 0.832. The molecule has 1 aromatic heterocycles. The quantitative estimate of drug-likeness (QED) is 0.186. The minimum atomic E-state index is -3.54. The van der Waals surface area contributed by atoms with E-state index >= 15 is 8.78 Å². The molecule has 0 radical (unpaired) electrons. The van der Waals surface area contributed by atoms with E-state index in [1.54, 1.807) is 70.3 Å². The molecule has 4 amide bonds. The molecular formula is C36H36BrF2N5O7. The van der Waals surface area contributed by atoms with Gasteiger partial charge in [-0.1, -0.05) is 28.1 Å². The molecule has 0 saturated heterocycles. The normalized spacial score (nSPS) is 16.3. The molecule has 4 aromatic rings. The van der Waals surface area contributed by atoms with Crippen molar-refractivity contribution in [1.29, 1.82) is 0 Å². The molecule has 0 saturated carbocycles. The zero-order chi connectivity index (χ0) is 37.4. The third-order valence-corrected chi connectivity index (χ3v) is 8.77. The summed E-state index contributed by atoms with van der Waals surface area (Å²) in [6.07, 6.45) is -2.41. The minimum Gasteiger partial charge on any atom is -0.464 e. The van der Waals surface area contributed by atoms with Crippen LogP contribution in [0, 0.1) is 13.8 Å². The van der Waals surface area contributed by atoms with Crippen LogP contribution in [0.3, 0.4) is 0 Å². The largest absolute Gasteiger partial charge is 0.464 e. The molecule has 0 spiro atoms. The molecule has 51 heavy (non-hydrogen) atoms. The van der Waals surface area contributed by atoms with Gasteiger partial charge < -0.3 is 24.8 Å². The molecule has 1 atom stereocenters. The zero-order valence-corrected chi connectivity index (χ0v) is 30.2. The number of carbonyl (C=O) groups is 4. The first-order valence-corrected chi connectivity index (χ1v) is 16.5. The number of pyridine rings is 1. The highest BCUT2D eigenvalue weighted by Gasteiger charge is 2.38. The Labute approximate surface area is 300 Å². The van der Waals surface area contributed by atoms with Crippen molar-refractivity contribution in [3.8, 4) is 0 Å². The van der Waals surface area contributed by atoms with E-state index < -0.39 is 48.4 Å². The van der Waals surface area contributed by atoms with Crippen LogP contribution in [0.5, 0.6) is 0 Å². The number of likely N-dealkylation sites (N-methyl/N-ethyl adjacent to an activating group) is 1. The van der Waals surface area contributed by atoms with Crippen LogP contribution in [0.15, 0.2) is 65.3 Å². The molecule has 12 nitrogen and oxygen atoms in total. The Hall–Kier alpha value is -5.31. The number of carboxylic acid groups (broad SMARTS) is 1. The van der Waals surface area contributed by atoms with Crippen molar-refractivity contribution >= 4 is 68.1 Å². The van der Waals surface area contributed by atoms with Gasteiger partial charge in [0.25, 0.3) is 0 Å². The van der Waals surface area contributed by atoms with Gasteiger partial charge >= 0.3 is 24.2 Å². The Balaban J connectivity index is 1.59. The number of nitrogens with zero attached hydrogens (tertiary/aromatic N) is 3. The first-order valence-electron chi connectivity index (χ1n) is 15.7. The van der Waals surface area contributed by atoms with Gasteiger partial charge in [0.1, 0.15) is 11.6 Å². The summed E-state index contributed by atoms with van der Waals surface area (Å²) in [5, 5.41) is 16.4. The van der Waals surface area contributed by atoms with Crippen LogP contribution in [0.2, 0.25) is 0 Å². The van der Waals surface area contributed by atoms with Crippen LogP contribution in [0.1, 0.15) is 54.6 Å². The number of aromatic nitrogens is 1. The van der Waals surface area contributed by atoms with Crippen LogP contribution >= 0.6 is 15.9 Å². The predicted molar refractivity (Wildman–Crippen MR) is 190 cm³/mol. The fraction of sp³-hybridized carbons (Fsp3) is 0.306. The Morgan fingerprint density at radius 2 is 1.78 bits per heavy atom. The standard InChI is InChI=1S/C36H36BrF2N5O7/c1-19-13-22-14-20(2)28(19)36(38,39)18-50-32(46)42-25-8-10-27(37)23(16-25)17-43(6)31(45)29(22)41-24-7-9-26-21(15-24)11-12-40-30(26)44(33(47)48)34(49)51-35(3,4)5/h7-16,29,41H,17-18H2,1-6H3,(H,42,46)(H,47,48). The van der Waals surface area contributed by atoms with Crippen molar-refractivity contribution < 1.29 is 42.5 Å². The van der Waals surface area contributed by atoms with Crippen LogP contribution in [-0.4, -0.2) is 58.4 Å². The van der Waals surface area contributed by atoms with E-state index in [9.17, 15) is 24.3 Å². The smallest absolute Gasteiger partial charge is 0.425 e. The molecule has 2 aliphatic heterocycles. The number of halogens is 3. The summed E-state index contributed by atoms with van der Waals surface area (Å²) >= 11 is 3.48. The molecule has 6 rings (SSSR count). The van der Waals surface area contributed by atoms with Crippen LogP contribution in [0.4, 0.5) is 40.4 Å². The maximum Gasteiger partial charge on any atom is 0.425 e. The van der Waals surface area contributed by atoms with Gasteiger partial charge in [0.05, 0.1) is 0 Å². The molecule has 1 unspecified atom stereocenters. The minimum absolute atomic E-state index is 0.110. The lowest BCUT2D eigenvalue weighted by molar-refractivity contribution is -0.131. The number of nitrogens with one attached hydrogen (secondary N) is 2. The van der Waals surface area contributed by atoms with Crippen LogP contribution < -0.4 is 15.5 Å². The maximum absolute atomic E-state index is 15.5. The lowest BCUT2D eigenvalue weighted by Crippen LogP contribution is -2.40. The highest BCUT2D eigenvalue weighted by Crippen LogP contribution is 2.37. The Bertz CT molecular complexity index is 2030. The van der Waals surface area contributed by atoms with Crippen molar-refractivity contribution in [2.24, 2.45) is 0 Å². The monoisotopic (exact) mass is 767 g/mol. The van der Waals surface area contributed by atoms with E-state index in [4.69, 9.17) is 9.47 Å². The molecule has 268 valence electrons. The third kappa shape index (κ3) is 8.20. The van der Waals surface area contributed by atoms with Crippen molar-refractivity contribution in [3.63, 3.8) is 0 Å². The average molecular weight is 769 g/mol. The van der Waals surface area contributed by atoms with Gasteiger partial charge in [0.15, 0.2) is 12.4 Å². The fourth-order valence-electron chi connectivity index (χ4n) is 5.90. The first kappa shape index (κ1) is 37.0. The van der Waals surface area contributed by atoms with E-state index in [0.717, 1.165) is 0 Å². The molecule has 0 fully saturated rings. The molecule has 3 N–H and O–H groups in total. The molecule has 15 heteroatoms. The number of hydrogen-bond acceptors (Lipinski definition) is 8. The second kappa shape index (κ2) is 14.1. The summed E-state index contributed by atoms with van der Waals surface area (Å²) in [7, 11) is 1.60. The number of alkyl halides is 2. The SMILES string of the molecule is Cc1cc2cc(C)c1C(F)(F)COC(=O)Nc1ccc(Br)c(c1)CN(C)C(=O)C2Nc1ccc2c(N(C(=O)O)C(=O)OC(C)(C)C)nccc2c1. The van der Waals surface area contributed by atoms with Gasteiger partial charge in [-0.25, -0.2) is 19.4 Å². The number of aryl methyl sites for hydroxylation is 2. The fourth-order valence-corrected chi connectivity index (χ4v) is 6.27. The van der Waals surface area contributed by atoms with Gasteiger partial charge in [-0.2, -0.15) is 13.7 Å². The van der Waals surface area contributed by atoms with Gasteiger partial charge in [-0.15, -0.1) is 0 Å².